The molecule has 1 fully saturated rings. The molecule has 136 valence electrons. The van der Waals surface area contributed by atoms with Gasteiger partial charge in [0.2, 0.25) is 5.91 Å². The number of carbonyl (C=O) groups is 3. The van der Waals surface area contributed by atoms with Crippen LogP contribution in [0.5, 0.6) is 0 Å². The van der Waals surface area contributed by atoms with E-state index in [1.165, 1.54) is 0 Å². The van der Waals surface area contributed by atoms with Gasteiger partial charge in [0.15, 0.2) is 0 Å². The molecule has 1 aliphatic rings. The predicted octanol–water partition coefficient (Wildman–Crippen LogP) is 3.26. The molecule has 1 heterocycles. The highest BCUT2D eigenvalue weighted by Gasteiger charge is 2.33. The Kier molecular flexibility index (Phi) is 6.06. The van der Waals surface area contributed by atoms with Crippen LogP contribution in [0.2, 0.25) is 5.02 Å². The van der Waals surface area contributed by atoms with Crippen LogP contribution in [-0.2, 0) is 9.59 Å². The number of carboxylic acid groups (broad SMARTS) is 1. The lowest BCUT2D eigenvalue weighted by molar-refractivity contribution is -0.143. The molecule has 1 aromatic carbocycles. The van der Waals surface area contributed by atoms with E-state index in [0.717, 1.165) is 0 Å². The van der Waals surface area contributed by atoms with Crippen molar-refractivity contribution in [1.29, 1.82) is 0 Å². The third-order valence-corrected chi connectivity index (χ3v) is 4.81. The normalized spacial score (nSPS) is 20.4. The molecule has 2 rings (SSSR count). The Morgan fingerprint density at radius 3 is 2.56 bits per heavy atom. The maximum absolute atomic E-state index is 12.9. The van der Waals surface area contributed by atoms with Crippen molar-refractivity contribution in [2.24, 2.45) is 11.8 Å². The minimum atomic E-state index is -0.895. The lowest BCUT2D eigenvalue weighted by Gasteiger charge is -2.36. The molecular weight excluding hydrogens is 344 g/mol. The fourth-order valence-corrected chi connectivity index (χ4v) is 3.00. The monoisotopic (exact) mass is 366 g/mol. The van der Waals surface area contributed by atoms with E-state index in [0.29, 0.717) is 18.5 Å². The molecule has 1 aliphatic heterocycles. The molecule has 2 N–H and O–H groups in total. The Balaban J connectivity index is 2.25. The van der Waals surface area contributed by atoms with Crippen LogP contribution in [0.25, 0.3) is 0 Å². The van der Waals surface area contributed by atoms with Gasteiger partial charge in [0.25, 0.3) is 5.91 Å². The number of benzene rings is 1. The second-order valence-electron chi connectivity index (χ2n) is 6.76. The van der Waals surface area contributed by atoms with Gasteiger partial charge in [0.05, 0.1) is 16.5 Å². The third-order valence-electron chi connectivity index (χ3n) is 4.48. The molecule has 0 saturated carbocycles. The van der Waals surface area contributed by atoms with E-state index in [-0.39, 0.29) is 40.9 Å². The van der Waals surface area contributed by atoms with Crippen LogP contribution in [0, 0.1) is 11.8 Å². The summed E-state index contributed by atoms with van der Waals surface area (Å²) in [4.78, 5) is 37.6. The number of amides is 2. The van der Waals surface area contributed by atoms with Gasteiger partial charge in [-0.15, -0.1) is 0 Å². The Bertz CT molecular complexity index is 690. The average molecular weight is 367 g/mol. The molecular formula is C18H23ClN2O4. The number of carboxylic acids is 1. The van der Waals surface area contributed by atoms with Crippen molar-refractivity contribution in [1.82, 2.24) is 4.90 Å². The van der Waals surface area contributed by atoms with Gasteiger partial charge in [-0.1, -0.05) is 25.4 Å². The number of piperidine rings is 1. The number of rotatable bonds is 4. The third kappa shape index (κ3) is 4.51. The number of hydrogen-bond acceptors (Lipinski definition) is 3. The standard InChI is InChI=1S/C18H23ClN2O4/c1-10(2)16(22)20-13-6-7-15(19)14(8-13)17(23)21-9-12(18(24)25)5-4-11(21)3/h6-8,10-12H,4-5,9H2,1-3H3,(H,20,22)(H,24,25). The van der Waals surface area contributed by atoms with Crippen LogP contribution in [0.4, 0.5) is 5.69 Å². The van der Waals surface area contributed by atoms with Gasteiger partial charge < -0.3 is 15.3 Å². The summed E-state index contributed by atoms with van der Waals surface area (Å²) < 4.78 is 0. The Labute approximate surface area is 152 Å². The maximum Gasteiger partial charge on any atom is 0.308 e. The first kappa shape index (κ1) is 19.2. The lowest BCUT2D eigenvalue weighted by atomic mass is 9.93. The first-order valence-electron chi connectivity index (χ1n) is 8.35. The molecule has 1 aromatic rings. The first-order chi connectivity index (χ1) is 11.7. The van der Waals surface area contributed by atoms with Crippen LogP contribution < -0.4 is 5.32 Å². The molecule has 1 saturated heterocycles. The Hall–Kier alpha value is -2.08. The summed E-state index contributed by atoms with van der Waals surface area (Å²) in [5, 5.41) is 12.3. The summed E-state index contributed by atoms with van der Waals surface area (Å²) in [6, 6.07) is 4.68. The summed E-state index contributed by atoms with van der Waals surface area (Å²) in [6.07, 6.45) is 1.18. The van der Waals surface area contributed by atoms with E-state index in [2.05, 4.69) is 5.32 Å². The van der Waals surface area contributed by atoms with Crippen molar-refractivity contribution >= 4 is 35.1 Å². The molecule has 7 heteroatoms. The highest BCUT2D eigenvalue weighted by molar-refractivity contribution is 6.34. The molecule has 6 nitrogen and oxygen atoms in total. The Morgan fingerprint density at radius 2 is 1.96 bits per heavy atom. The molecule has 0 spiro atoms. The van der Waals surface area contributed by atoms with Gasteiger partial charge in [0, 0.05) is 24.2 Å². The zero-order valence-electron chi connectivity index (χ0n) is 14.6. The molecule has 0 radical (unpaired) electrons. The van der Waals surface area contributed by atoms with Gasteiger partial charge in [-0.25, -0.2) is 0 Å². The SMILES string of the molecule is CC(C)C(=O)Nc1ccc(Cl)c(C(=O)N2CC(C(=O)O)CCC2C)c1. The Morgan fingerprint density at radius 1 is 1.28 bits per heavy atom. The van der Waals surface area contributed by atoms with E-state index in [1.54, 1.807) is 36.9 Å². The summed E-state index contributed by atoms with van der Waals surface area (Å²) >= 11 is 6.18. The summed E-state index contributed by atoms with van der Waals surface area (Å²) in [5.74, 6) is -2.12. The van der Waals surface area contributed by atoms with Crippen molar-refractivity contribution in [3.63, 3.8) is 0 Å². The van der Waals surface area contributed by atoms with Gasteiger partial charge >= 0.3 is 5.97 Å². The second kappa shape index (κ2) is 7.87. The molecule has 2 amide bonds. The zero-order valence-corrected chi connectivity index (χ0v) is 15.3. The zero-order chi connectivity index (χ0) is 18.7. The van der Waals surface area contributed by atoms with E-state index < -0.39 is 11.9 Å². The number of anilines is 1. The van der Waals surface area contributed by atoms with Crippen molar-refractivity contribution in [3.8, 4) is 0 Å². The topological polar surface area (TPSA) is 86.7 Å². The number of nitrogens with zero attached hydrogens (tertiary/aromatic N) is 1. The fraction of sp³-hybridized carbons (Fsp3) is 0.500. The van der Waals surface area contributed by atoms with E-state index >= 15 is 0 Å². The first-order valence-corrected chi connectivity index (χ1v) is 8.72. The van der Waals surface area contributed by atoms with Crippen molar-refractivity contribution in [2.75, 3.05) is 11.9 Å². The predicted molar refractivity (Wildman–Crippen MR) is 95.8 cm³/mol. The van der Waals surface area contributed by atoms with Crippen LogP contribution >= 0.6 is 11.6 Å². The highest BCUT2D eigenvalue weighted by atomic mass is 35.5. The number of hydrogen-bond donors (Lipinski definition) is 2. The summed E-state index contributed by atoms with van der Waals surface area (Å²) in [6.45, 7) is 5.61. The second-order valence-corrected chi connectivity index (χ2v) is 7.16. The maximum atomic E-state index is 12.9. The lowest BCUT2D eigenvalue weighted by Crippen LogP contribution is -2.47. The molecule has 0 bridgehead atoms. The number of carbonyl (C=O) groups excluding carboxylic acids is 2. The molecule has 0 aliphatic carbocycles. The number of halogens is 1. The smallest absolute Gasteiger partial charge is 0.308 e. The molecule has 25 heavy (non-hydrogen) atoms. The molecule has 2 unspecified atom stereocenters. The van der Waals surface area contributed by atoms with Crippen LogP contribution in [0.3, 0.4) is 0 Å². The van der Waals surface area contributed by atoms with Gasteiger partial charge in [0.1, 0.15) is 0 Å². The largest absolute Gasteiger partial charge is 0.481 e. The fourth-order valence-electron chi connectivity index (χ4n) is 2.80. The number of nitrogens with one attached hydrogen (secondary N) is 1. The molecule has 2 atom stereocenters. The van der Waals surface area contributed by atoms with Crippen LogP contribution in [-0.4, -0.2) is 40.4 Å². The summed E-state index contributed by atoms with van der Waals surface area (Å²) in [7, 11) is 0. The molecule has 0 aromatic heterocycles. The number of likely N-dealkylation sites (tertiary alicyclic amines) is 1. The van der Waals surface area contributed by atoms with E-state index in [9.17, 15) is 19.5 Å². The minimum absolute atomic E-state index is 0.0620. The van der Waals surface area contributed by atoms with Crippen molar-refractivity contribution < 1.29 is 19.5 Å². The highest BCUT2D eigenvalue weighted by Crippen LogP contribution is 2.28. The quantitative estimate of drug-likeness (QED) is 0.856. The van der Waals surface area contributed by atoms with E-state index in [1.807, 2.05) is 6.92 Å². The average Bonchev–Trinajstić information content (AvgIpc) is 2.56. The van der Waals surface area contributed by atoms with Crippen LogP contribution in [0.1, 0.15) is 44.0 Å². The van der Waals surface area contributed by atoms with E-state index in [4.69, 9.17) is 11.6 Å². The van der Waals surface area contributed by atoms with Crippen molar-refractivity contribution in [3.05, 3.63) is 28.8 Å². The van der Waals surface area contributed by atoms with Gasteiger partial charge in [-0.05, 0) is 38.0 Å². The number of aliphatic carboxylic acids is 1. The van der Waals surface area contributed by atoms with Gasteiger partial charge in [-0.2, -0.15) is 0 Å². The minimum Gasteiger partial charge on any atom is -0.481 e. The van der Waals surface area contributed by atoms with Crippen LogP contribution in [0.15, 0.2) is 18.2 Å². The summed E-state index contributed by atoms with van der Waals surface area (Å²) in [5.41, 5.74) is 0.756. The van der Waals surface area contributed by atoms with Gasteiger partial charge in [-0.3, -0.25) is 14.4 Å². The van der Waals surface area contributed by atoms with Crippen molar-refractivity contribution in [2.45, 2.75) is 39.7 Å².